The number of aryl methyl sites for hydroxylation is 1. The van der Waals surface area contributed by atoms with Gasteiger partial charge in [-0.2, -0.15) is 0 Å². The number of amides is 3. The zero-order valence-electron chi connectivity index (χ0n) is 17.4. The number of rotatable bonds is 7. The van der Waals surface area contributed by atoms with Crippen molar-refractivity contribution in [2.24, 2.45) is 0 Å². The van der Waals surface area contributed by atoms with E-state index in [9.17, 15) is 14.4 Å². The summed E-state index contributed by atoms with van der Waals surface area (Å²) in [4.78, 5) is 38.9. The quantitative estimate of drug-likeness (QED) is 0.492. The number of methoxy groups -OCH3 is 1. The Bertz CT molecular complexity index is 1150. The monoisotopic (exact) mass is 440 g/mol. The van der Waals surface area contributed by atoms with E-state index in [0.717, 1.165) is 15.8 Å². The molecular formula is C22H24N4O4S. The maximum absolute atomic E-state index is 12.5. The van der Waals surface area contributed by atoms with Crippen LogP contribution in [0.5, 0.6) is 0 Å². The van der Waals surface area contributed by atoms with Gasteiger partial charge >= 0.3 is 0 Å². The van der Waals surface area contributed by atoms with Gasteiger partial charge in [-0.1, -0.05) is 0 Å². The lowest BCUT2D eigenvalue weighted by Crippen LogP contribution is -2.41. The largest absolute Gasteiger partial charge is 0.383 e. The summed E-state index contributed by atoms with van der Waals surface area (Å²) in [7, 11) is 1.58. The molecule has 1 aliphatic heterocycles. The molecule has 1 atom stereocenters. The Hall–Kier alpha value is -3.17. The summed E-state index contributed by atoms with van der Waals surface area (Å²) in [5.74, 6) is -0.433. The predicted octanol–water partition coefficient (Wildman–Crippen LogP) is 2.70. The maximum atomic E-state index is 12.5. The molecule has 0 radical (unpaired) electrons. The van der Waals surface area contributed by atoms with Crippen LogP contribution in [0.25, 0.3) is 10.9 Å². The molecule has 0 aliphatic carbocycles. The van der Waals surface area contributed by atoms with Gasteiger partial charge in [0.05, 0.1) is 17.5 Å². The Morgan fingerprint density at radius 2 is 2.10 bits per heavy atom. The number of carbonyl (C=O) groups is 3. The normalized spacial score (nSPS) is 15.4. The number of ether oxygens (including phenoxy) is 1. The molecule has 3 N–H and O–H groups in total. The van der Waals surface area contributed by atoms with Gasteiger partial charge in [0.2, 0.25) is 5.91 Å². The van der Waals surface area contributed by atoms with E-state index >= 15 is 0 Å². The van der Waals surface area contributed by atoms with Crippen LogP contribution in [0.1, 0.15) is 37.5 Å². The molecule has 8 nitrogen and oxygen atoms in total. The third-order valence-electron chi connectivity index (χ3n) is 5.21. The van der Waals surface area contributed by atoms with E-state index in [-0.39, 0.29) is 30.2 Å². The number of benzene rings is 1. The van der Waals surface area contributed by atoms with Crippen molar-refractivity contribution in [2.45, 2.75) is 19.4 Å². The average Bonchev–Trinajstić information content (AvgIpc) is 3.34. The van der Waals surface area contributed by atoms with Gasteiger partial charge in [-0.05, 0) is 43.3 Å². The fraction of sp³-hybridized carbons (Fsp3) is 0.318. The second-order valence-corrected chi connectivity index (χ2v) is 8.74. The van der Waals surface area contributed by atoms with E-state index < -0.39 is 0 Å². The Morgan fingerprint density at radius 1 is 1.26 bits per heavy atom. The van der Waals surface area contributed by atoms with Crippen molar-refractivity contribution < 1.29 is 19.1 Å². The summed E-state index contributed by atoms with van der Waals surface area (Å²) in [6.07, 6.45) is 0.247. The predicted molar refractivity (Wildman–Crippen MR) is 120 cm³/mol. The lowest BCUT2D eigenvalue weighted by Gasteiger charge is -2.27. The van der Waals surface area contributed by atoms with Gasteiger partial charge < -0.3 is 25.3 Å². The summed E-state index contributed by atoms with van der Waals surface area (Å²) in [6.45, 7) is 3.23. The molecule has 9 heteroatoms. The standard InChI is InChI=1S/C22H24N4O4S/c1-13-3-6-19(31-13)22(29)25-15-4-5-17-14(9-15)10-18-21(28)24-12-16(26(17)18)11-20(27)23-7-8-30-2/h3-6,9-10,16H,7-8,11-12H2,1-2H3,(H,23,27)(H,24,28)(H,25,29). The Labute approximate surface area is 183 Å². The first-order chi connectivity index (χ1) is 15.0. The van der Waals surface area contributed by atoms with Crippen molar-refractivity contribution in [1.29, 1.82) is 0 Å². The fourth-order valence-corrected chi connectivity index (χ4v) is 4.53. The summed E-state index contributed by atoms with van der Waals surface area (Å²) < 4.78 is 6.87. The van der Waals surface area contributed by atoms with Crippen LogP contribution in [-0.2, 0) is 9.53 Å². The molecule has 0 spiro atoms. The van der Waals surface area contributed by atoms with Crippen molar-refractivity contribution in [3.63, 3.8) is 0 Å². The first kappa shape index (κ1) is 21.1. The summed E-state index contributed by atoms with van der Waals surface area (Å²) in [5.41, 5.74) is 2.01. The van der Waals surface area contributed by atoms with E-state index in [1.54, 1.807) is 19.2 Å². The highest BCUT2D eigenvalue weighted by Gasteiger charge is 2.28. The second kappa shape index (κ2) is 8.91. The molecule has 3 aromatic rings. The molecule has 3 heterocycles. The lowest BCUT2D eigenvalue weighted by atomic mass is 10.1. The Balaban J connectivity index is 1.57. The van der Waals surface area contributed by atoms with Crippen molar-refractivity contribution >= 4 is 45.6 Å². The van der Waals surface area contributed by atoms with E-state index in [1.165, 1.54) is 11.3 Å². The first-order valence-corrected chi connectivity index (χ1v) is 10.8. The van der Waals surface area contributed by atoms with Crippen LogP contribution in [0.3, 0.4) is 0 Å². The number of carbonyl (C=O) groups excluding carboxylic acids is 3. The molecule has 1 aromatic carbocycles. The van der Waals surface area contributed by atoms with E-state index in [2.05, 4.69) is 16.0 Å². The van der Waals surface area contributed by atoms with Gasteiger partial charge in [-0.25, -0.2) is 0 Å². The number of hydrogen-bond acceptors (Lipinski definition) is 5. The minimum atomic E-state index is -0.192. The van der Waals surface area contributed by atoms with Crippen molar-refractivity contribution in [1.82, 2.24) is 15.2 Å². The molecule has 3 amide bonds. The highest BCUT2D eigenvalue weighted by molar-refractivity contribution is 7.14. The van der Waals surface area contributed by atoms with E-state index in [4.69, 9.17) is 4.74 Å². The summed E-state index contributed by atoms with van der Waals surface area (Å²) >= 11 is 1.44. The maximum Gasteiger partial charge on any atom is 0.268 e. The topological polar surface area (TPSA) is 101 Å². The van der Waals surface area contributed by atoms with Gasteiger partial charge in [0, 0.05) is 48.1 Å². The molecule has 162 valence electrons. The number of fused-ring (bicyclic) bond motifs is 3. The van der Waals surface area contributed by atoms with Crippen LogP contribution in [0, 0.1) is 6.92 Å². The van der Waals surface area contributed by atoms with E-state index in [0.29, 0.717) is 36.0 Å². The molecule has 1 unspecified atom stereocenters. The summed E-state index contributed by atoms with van der Waals surface area (Å²) in [5, 5.41) is 9.43. The van der Waals surface area contributed by atoms with Gasteiger partial charge in [-0.15, -0.1) is 11.3 Å². The van der Waals surface area contributed by atoms with Gasteiger partial charge in [0.25, 0.3) is 11.8 Å². The van der Waals surface area contributed by atoms with E-state index in [1.807, 2.05) is 35.8 Å². The number of aromatic nitrogens is 1. The van der Waals surface area contributed by atoms with Gasteiger partial charge in [0.1, 0.15) is 5.69 Å². The molecule has 0 fully saturated rings. The summed E-state index contributed by atoms with van der Waals surface area (Å²) in [6, 6.07) is 10.9. The molecular weight excluding hydrogens is 416 g/mol. The number of nitrogens with one attached hydrogen (secondary N) is 3. The van der Waals surface area contributed by atoms with Crippen LogP contribution >= 0.6 is 11.3 Å². The molecule has 2 aromatic heterocycles. The molecule has 31 heavy (non-hydrogen) atoms. The first-order valence-electron chi connectivity index (χ1n) is 10.0. The van der Waals surface area contributed by atoms with Gasteiger partial charge in [0.15, 0.2) is 0 Å². The average molecular weight is 441 g/mol. The fourth-order valence-electron chi connectivity index (χ4n) is 3.77. The third kappa shape index (κ3) is 4.47. The Morgan fingerprint density at radius 3 is 2.84 bits per heavy atom. The zero-order chi connectivity index (χ0) is 22.0. The number of anilines is 1. The number of nitrogens with zero attached hydrogens (tertiary/aromatic N) is 1. The highest BCUT2D eigenvalue weighted by atomic mass is 32.1. The SMILES string of the molecule is COCCNC(=O)CC1CNC(=O)c2cc3cc(NC(=O)c4ccc(C)s4)ccc3n21. The third-order valence-corrected chi connectivity index (χ3v) is 6.21. The van der Waals surface area contributed by atoms with Gasteiger partial charge in [-0.3, -0.25) is 14.4 Å². The molecule has 0 saturated heterocycles. The van der Waals surface area contributed by atoms with Crippen LogP contribution < -0.4 is 16.0 Å². The zero-order valence-corrected chi connectivity index (χ0v) is 18.2. The van der Waals surface area contributed by atoms with Crippen molar-refractivity contribution in [3.05, 3.63) is 51.8 Å². The second-order valence-electron chi connectivity index (χ2n) is 7.45. The van der Waals surface area contributed by atoms with Crippen LogP contribution in [0.2, 0.25) is 0 Å². The molecule has 0 saturated carbocycles. The molecule has 4 rings (SSSR count). The minimum Gasteiger partial charge on any atom is -0.383 e. The van der Waals surface area contributed by atoms with Crippen LogP contribution in [0.15, 0.2) is 36.4 Å². The van der Waals surface area contributed by atoms with Crippen LogP contribution in [0.4, 0.5) is 5.69 Å². The molecule has 0 bridgehead atoms. The van der Waals surface area contributed by atoms with Crippen LogP contribution in [-0.4, -0.2) is 49.1 Å². The van der Waals surface area contributed by atoms with Crippen molar-refractivity contribution in [3.8, 4) is 0 Å². The van der Waals surface area contributed by atoms with Crippen molar-refractivity contribution in [2.75, 3.05) is 32.1 Å². The number of hydrogen-bond donors (Lipinski definition) is 3. The smallest absolute Gasteiger partial charge is 0.268 e. The lowest BCUT2D eigenvalue weighted by molar-refractivity contribution is -0.122. The highest BCUT2D eigenvalue weighted by Crippen LogP contribution is 2.30. The molecule has 1 aliphatic rings. The Kier molecular flexibility index (Phi) is 6.06. The number of thiophene rings is 1. The minimum absolute atomic E-state index is 0.0962.